The van der Waals surface area contributed by atoms with Gasteiger partial charge in [-0.3, -0.25) is 4.90 Å². The lowest BCUT2D eigenvalue weighted by Crippen LogP contribution is -2.43. The third-order valence-electron chi connectivity index (χ3n) is 9.74. The summed E-state index contributed by atoms with van der Waals surface area (Å²) in [4.78, 5) is 20.7. The Morgan fingerprint density at radius 3 is 2.61 bits per heavy atom. The van der Waals surface area contributed by atoms with Crippen LogP contribution in [0.4, 0.5) is 48.1 Å². The van der Waals surface area contributed by atoms with Gasteiger partial charge in [0.05, 0.1) is 29.3 Å². The number of halogens is 7. The number of nitrogen functional groups attached to an aromatic ring is 2. The van der Waals surface area contributed by atoms with Crippen molar-refractivity contribution in [1.29, 1.82) is 0 Å². The molecule has 3 aromatic heterocycles. The number of hydrogen-bond acceptors (Lipinski definition) is 10. The maximum atomic E-state index is 16.8. The lowest BCUT2D eigenvalue weighted by atomic mass is 9.95. The van der Waals surface area contributed by atoms with Gasteiger partial charge in [0.1, 0.15) is 53.3 Å². The summed E-state index contributed by atoms with van der Waals surface area (Å²) < 4.78 is 117. The summed E-state index contributed by atoms with van der Waals surface area (Å²) in [5, 5.41) is -0.133. The first-order valence-corrected chi connectivity index (χ1v) is 15.6. The average Bonchev–Trinajstić information content (AvgIpc) is 3.51. The van der Waals surface area contributed by atoms with Crippen LogP contribution in [0.5, 0.6) is 11.9 Å². The number of fused-ring (bicyclic) bond motifs is 1. The van der Waals surface area contributed by atoms with Gasteiger partial charge in [0.15, 0.2) is 17.5 Å². The largest absolute Gasteiger partial charge is 0.475 e. The number of rotatable bonds is 6. The lowest BCUT2D eigenvalue weighted by molar-refractivity contribution is -0.137. The van der Waals surface area contributed by atoms with Crippen LogP contribution in [0.25, 0.3) is 22.2 Å². The number of alkyl halides is 4. The van der Waals surface area contributed by atoms with Crippen molar-refractivity contribution in [2.45, 2.75) is 57.0 Å². The number of benzene rings is 1. The molecular formula is C32H31F7N8O2. The van der Waals surface area contributed by atoms with Crippen molar-refractivity contribution in [3.05, 3.63) is 52.5 Å². The third kappa shape index (κ3) is 5.29. The Bertz CT molecular complexity index is 1980. The summed E-state index contributed by atoms with van der Waals surface area (Å²) in [5.41, 5.74) is 4.42. The molecule has 2 fully saturated rings. The zero-order valence-corrected chi connectivity index (χ0v) is 26.3. The molecule has 6 heterocycles. The normalized spacial score (nSPS) is 21.5. The van der Waals surface area contributed by atoms with Crippen LogP contribution in [-0.2, 0) is 6.18 Å². The van der Waals surface area contributed by atoms with Crippen LogP contribution in [0.1, 0.15) is 48.9 Å². The Morgan fingerprint density at radius 2 is 1.88 bits per heavy atom. The molecule has 0 aliphatic carbocycles. The molecule has 0 saturated carbocycles. The van der Waals surface area contributed by atoms with Gasteiger partial charge in [0.25, 0.3) is 0 Å². The topological polar surface area (TPSA) is 129 Å². The molecule has 1 aromatic carbocycles. The number of ether oxygens (including phenoxy) is 2. The molecule has 49 heavy (non-hydrogen) atoms. The molecule has 3 atom stereocenters. The highest BCUT2D eigenvalue weighted by Crippen LogP contribution is 2.48. The van der Waals surface area contributed by atoms with Crippen LogP contribution < -0.4 is 25.8 Å². The van der Waals surface area contributed by atoms with Crippen LogP contribution in [0.3, 0.4) is 0 Å². The molecule has 4 aromatic rings. The summed E-state index contributed by atoms with van der Waals surface area (Å²) in [7, 11) is 0. The Morgan fingerprint density at radius 1 is 1.10 bits per heavy atom. The molecule has 3 aliphatic rings. The molecule has 17 heteroatoms. The quantitative estimate of drug-likeness (QED) is 0.186. The van der Waals surface area contributed by atoms with E-state index in [-0.39, 0.29) is 55.8 Å². The van der Waals surface area contributed by atoms with Crippen LogP contribution in [0, 0.1) is 24.4 Å². The minimum atomic E-state index is -5.34. The monoisotopic (exact) mass is 692 g/mol. The Labute approximate surface area is 275 Å². The number of aromatic nitrogens is 4. The predicted octanol–water partition coefficient (Wildman–Crippen LogP) is 5.91. The van der Waals surface area contributed by atoms with Gasteiger partial charge >= 0.3 is 12.2 Å². The second-order valence-corrected chi connectivity index (χ2v) is 12.6. The summed E-state index contributed by atoms with van der Waals surface area (Å²) in [6, 6.07) is 2.49. The van der Waals surface area contributed by atoms with E-state index in [0.29, 0.717) is 18.5 Å². The summed E-state index contributed by atoms with van der Waals surface area (Å²) >= 11 is 0. The Balaban J connectivity index is 1.46. The predicted molar refractivity (Wildman–Crippen MR) is 165 cm³/mol. The van der Waals surface area contributed by atoms with E-state index in [1.54, 1.807) is 24.0 Å². The minimum Gasteiger partial charge on any atom is -0.475 e. The van der Waals surface area contributed by atoms with Crippen molar-refractivity contribution in [2.24, 2.45) is 0 Å². The van der Waals surface area contributed by atoms with E-state index >= 15 is 8.78 Å². The molecule has 7 rings (SSSR count). The van der Waals surface area contributed by atoms with Crippen LogP contribution >= 0.6 is 0 Å². The summed E-state index contributed by atoms with van der Waals surface area (Å²) in [5.74, 6) is -5.10. The van der Waals surface area contributed by atoms with Crippen molar-refractivity contribution < 1.29 is 40.2 Å². The van der Waals surface area contributed by atoms with Gasteiger partial charge in [-0.15, -0.1) is 0 Å². The van der Waals surface area contributed by atoms with Gasteiger partial charge in [-0.25, -0.2) is 27.5 Å². The van der Waals surface area contributed by atoms with Gasteiger partial charge in [-0.1, -0.05) is 6.07 Å². The van der Waals surface area contributed by atoms with Gasteiger partial charge < -0.3 is 25.8 Å². The van der Waals surface area contributed by atoms with Crippen LogP contribution in [0.15, 0.2) is 18.3 Å². The van der Waals surface area contributed by atoms with E-state index in [4.69, 9.17) is 20.9 Å². The molecule has 0 spiro atoms. The highest BCUT2D eigenvalue weighted by molar-refractivity contribution is 5.97. The second kappa shape index (κ2) is 11.7. The molecule has 0 amide bonds. The van der Waals surface area contributed by atoms with Gasteiger partial charge in [-0.2, -0.15) is 23.1 Å². The summed E-state index contributed by atoms with van der Waals surface area (Å²) in [6.07, 6.45) is -3.23. The molecule has 4 N–H and O–H groups in total. The zero-order chi connectivity index (χ0) is 35.0. The first kappa shape index (κ1) is 32.9. The number of nitrogens with zero attached hydrogens (tertiary/aromatic N) is 6. The van der Waals surface area contributed by atoms with E-state index < -0.39 is 80.8 Å². The summed E-state index contributed by atoms with van der Waals surface area (Å²) in [6.45, 7) is 3.38. The fraction of sp³-hybridized carbons (Fsp3) is 0.438. The molecule has 0 unspecified atom stereocenters. The second-order valence-electron chi connectivity index (χ2n) is 12.6. The number of hydrogen-bond donors (Lipinski definition) is 2. The Kier molecular flexibility index (Phi) is 7.87. The molecule has 0 bridgehead atoms. The highest BCUT2D eigenvalue weighted by atomic mass is 19.4. The van der Waals surface area contributed by atoms with Crippen molar-refractivity contribution >= 4 is 28.2 Å². The van der Waals surface area contributed by atoms with E-state index in [9.17, 15) is 22.0 Å². The van der Waals surface area contributed by atoms with Crippen LogP contribution in [-0.4, -0.2) is 69.4 Å². The molecule has 2 saturated heterocycles. The zero-order valence-electron chi connectivity index (χ0n) is 26.3. The fourth-order valence-corrected chi connectivity index (χ4v) is 7.38. The first-order valence-electron chi connectivity index (χ1n) is 15.6. The third-order valence-corrected chi connectivity index (χ3v) is 9.74. The van der Waals surface area contributed by atoms with E-state index in [1.807, 2.05) is 4.90 Å². The number of anilines is 3. The molecular weight excluding hydrogens is 661 g/mol. The SMILES string of the molecule is Cc1c(F)c(N)c(F)c(-c2nc3c4c(nc(OC[C@@]56CCCN5C[C@H](F)C6)nc4c2F)N([C@H](C)c2cccnc2N)CCO3)c1C(F)(F)F. The fourth-order valence-electron chi connectivity index (χ4n) is 7.38. The Hall–Kier alpha value is -4.67. The van der Waals surface area contributed by atoms with E-state index in [1.165, 1.54) is 6.20 Å². The van der Waals surface area contributed by atoms with E-state index in [0.717, 1.165) is 13.3 Å². The van der Waals surface area contributed by atoms with Gasteiger partial charge in [-0.05, 0) is 44.9 Å². The van der Waals surface area contributed by atoms with Crippen LogP contribution in [0.2, 0.25) is 0 Å². The maximum Gasteiger partial charge on any atom is 0.417 e. The maximum absolute atomic E-state index is 16.8. The molecule has 260 valence electrons. The molecule has 0 radical (unpaired) electrons. The van der Waals surface area contributed by atoms with Crippen molar-refractivity contribution in [1.82, 2.24) is 24.8 Å². The lowest BCUT2D eigenvalue weighted by Gasteiger charge is -2.32. The number of pyridine rings is 2. The smallest absolute Gasteiger partial charge is 0.417 e. The number of nitrogens with two attached hydrogens (primary N) is 2. The van der Waals surface area contributed by atoms with Gasteiger partial charge in [0, 0.05) is 24.7 Å². The average molecular weight is 693 g/mol. The standard InChI is InChI=1S/C32H31F7N8O2/c1-14-20(32(37,38)39)18(22(35)24(40)21(14)34)25-23(36)26-19-28(45-30(44-26)49-13-31-6-4-8-46(31)12-16(33)11-31)47(9-10-48-29(19)43-25)15(2)17-5-3-7-42-27(17)41/h3,5,7,15-16H,4,6,8-13,40H2,1-2H3,(H2,41,42)/t15-,16-,31+/m1/s1. The van der Waals surface area contributed by atoms with Crippen molar-refractivity contribution in [3.63, 3.8) is 0 Å². The molecule has 3 aliphatic heterocycles. The van der Waals surface area contributed by atoms with Gasteiger partial charge in [0.2, 0.25) is 5.88 Å². The van der Waals surface area contributed by atoms with Crippen molar-refractivity contribution in [3.8, 4) is 23.1 Å². The molecule has 10 nitrogen and oxygen atoms in total. The highest BCUT2D eigenvalue weighted by Gasteiger charge is 2.49. The minimum absolute atomic E-state index is 0.0445. The van der Waals surface area contributed by atoms with E-state index in [2.05, 4.69) is 19.9 Å². The van der Waals surface area contributed by atoms with Crippen molar-refractivity contribution in [2.75, 3.05) is 49.2 Å². The first-order chi connectivity index (χ1) is 23.2.